The number of carbonyl (C=O) groups excluding carboxylic acids is 2. The molecule has 0 unspecified atom stereocenters. The number of esters is 1. The maximum atomic E-state index is 12.3. The summed E-state index contributed by atoms with van der Waals surface area (Å²) >= 11 is 1.15. The smallest absolute Gasteiger partial charge is 0.350 e. The van der Waals surface area contributed by atoms with Crippen LogP contribution in [0.5, 0.6) is 0 Å². The number of hydrogen-bond donors (Lipinski definition) is 1. The van der Waals surface area contributed by atoms with E-state index < -0.39 is 5.97 Å². The van der Waals surface area contributed by atoms with Crippen LogP contribution in [0.3, 0.4) is 0 Å². The van der Waals surface area contributed by atoms with Crippen molar-refractivity contribution >= 4 is 28.3 Å². The second-order valence-corrected chi connectivity index (χ2v) is 6.93. The standard InChI is InChI=1S/C18H21N3O3S/c1-3-24-17(23)16-12(2)19-18(25-16)20-15(22)11-21-9-8-13-6-4-5-7-14(13)10-21/h4-7H,3,8-11H2,1-2H3,(H,19,20,22). The van der Waals surface area contributed by atoms with Crippen LogP contribution < -0.4 is 5.32 Å². The van der Waals surface area contributed by atoms with Gasteiger partial charge in [-0.25, -0.2) is 9.78 Å². The van der Waals surface area contributed by atoms with Crippen molar-refractivity contribution < 1.29 is 14.3 Å². The summed E-state index contributed by atoms with van der Waals surface area (Å²) in [5.74, 6) is -0.519. The molecular weight excluding hydrogens is 338 g/mol. The Morgan fingerprint density at radius 2 is 2.08 bits per heavy atom. The molecule has 0 aliphatic carbocycles. The lowest BCUT2D eigenvalue weighted by Crippen LogP contribution is -2.37. The number of ether oxygens (including phenoxy) is 1. The minimum Gasteiger partial charge on any atom is -0.462 e. The van der Waals surface area contributed by atoms with Gasteiger partial charge in [0.2, 0.25) is 5.91 Å². The van der Waals surface area contributed by atoms with E-state index in [4.69, 9.17) is 4.74 Å². The number of fused-ring (bicyclic) bond motifs is 1. The maximum Gasteiger partial charge on any atom is 0.350 e. The highest BCUT2D eigenvalue weighted by Crippen LogP contribution is 2.24. The second-order valence-electron chi connectivity index (χ2n) is 5.93. The third-order valence-corrected chi connectivity index (χ3v) is 5.13. The van der Waals surface area contributed by atoms with Crippen LogP contribution in [0, 0.1) is 6.92 Å². The first-order valence-electron chi connectivity index (χ1n) is 8.30. The van der Waals surface area contributed by atoms with E-state index in [0.717, 1.165) is 30.8 Å². The molecular formula is C18H21N3O3S. The number of anilines is 1. The summed E-state index contributed by atoms with van der Waals surface area (Å²) in [6.07, 6.45) is 0.951. The molecule has 0 saturated heterocycles. The first kappa shape index (κ1) is 17.6. The van der Waals surface area contributed by atoms with Crippen LogP contribution >= 0.6 is 11.3 Å². The number of amides is 1. The van der Waals surface area contributed by atoms with Gasteiger partial charge in [0.25, 0.3) is 0 Å². The molecule has 0 radical (unpaired) electrons. The summed E-state index contributed by atoms with van der Waals surface area (Å²) in [7, 11) is 0. The van der Waals surface area contributed by atoms with Gasteiger partial charge in [0.1, 0.15) is 4.88 Å². The molecule has 132 valence electrons. The van der Waals surface area contributed by atoms with Crippen molar-refractivity contribution in [2.45, 2.75) is 26.8 Å². The first-order valence-corrected chi connectivity index (χ1v) is 9.12. The minimum atomic E-state index is -0.398. The average molecular weight is 359 g/mol. The number of aromatic nitrogens is 1. The molecule has 3 rings (SSSR count). The molecule has 1 aromatic carbocycles. The number of hydrogen-bond acceptors (Lipinski definition) is 6. The SMILES string of the molecule is CCOC(=O)c1sc(NC(=O)CN2CCc3ccccc3C2)nc1C. The van der Waals surface area contributed by atoms with Gasteiger partial charge in [-0.1, -0.05) is 35.6 Å². The average Bonchev–Trinajstić information content (AvgIpc) is 2.95. The molecule has 0 spiro atoms. The van der Waals surface area contributed by atoms with Gasteiger partial charge in [-0.3, -0.25) is 9.69 Å². The van der Waals surface area contributed by atoms with Crippen LogP contribution in [-0.2, 0) is 22.5 Å². The fourth-order valence-electron chi connectivity index (χ4n) is 2.89. The highest BCUT2D eigenvalue weighted by Gasteiger charge is 2.20. The number of aryl methyl sites for hydroxylation is 1. The molecule has 1 N–H and O–H groups in total. The molecule has 2 aromatic rings. The van der Waals surface area contributed by atoms with Crippen molar-refractivity contribution in [1.82, 2.24) is 9.88 Å². The first-order chi connectivity index (χ1) is 12.1. The second kappa shape index (κ2) is 7.76. The molecule has 1 aromatic heterocycles. The zero-order valence-corrected chi connectivity index (χ0v) is 15.2. The van der Waals surface area contributed by atoms with Crippen LogP contribution in [0.25, 0.3) is 0 Å². The third kappa shape index (κ3) is 4.24. The van der Waals surface area contributed by atoms with Crippen molar-refractivity contribution in [3.8, 4) is 0 Å². The molecule has 0 atom stereocenters. The Balaban J connectivity index is 1.58. The molecule has 25 heavy (non-hydrogen) atoms. The van der Waals surface area contributed by atoms with E-state index >= 15 is 0 Å². The van der Waals surface area contributed by atoms with Crippen LogP contribution in [0.2, 0.25) is 0 Å². The molecule has 1 aliphatic heterocycles. The molecule has 0 fully saturated rings. The van der Waals surface area contributed by atoms with E-state index in [1.54, 1.807) is 13.8 Å². The lowest BCUT2D eigenvalue weighted by molar-refractivity contribution is -0.117. The monoisotopic (exact) mass is 359 g/mol. The van der Waals surface area contributed by atoms with Gasteiger partial charge in [0, 0.05) is 13.1 Å². The van der Waals surface area contributed by atoms with E-state index in [-0.39, 0.29) is 5.91 Å². The molecule has 7 heteroatoms. The van der Waals surface area contributed by atoms with Crippen molar-refractivity contribution in [3.05, 3.63) is 46.0 Å². The summed E-state index contributed by atoms with van der Waals surface area (Å²) in [4.78, 5) is 30.9. The normalized spacial score (nSPS) is 14.0. The maximum absolute atomic E-state index is 12.3. The quantitative estimate of drug-likeness (QED) is 0.831. The lowest BCUT2D eigenvalue weighted by atomic mass is 10.00. The summed E-state index contributed by atoms with van der Waals surface area (Å²) in [5.41, 5.74) is 3.20. The Morgan fingerprint density at radius 3 is 2.84 bits per heavy atom. The molecule has 6 nitrogen and oxygen atoms in total. The van der Waals surface area contributed by atoms with Gasteiger partial charge in [-0.15, -0.1) is 0 Å². The molecule has 1 amide bonds. The highest BCUT2D eigenvalue weighted by molar-refractivity contribution is 7.17. The zero-order chi connectivity index (χ0) is 17.8. The Hall–Kier alpha value is -2.25. The van der Waals surface area contributed by atoms with Crippen LogP contribution in [0.1, 0.15) is 33.4 Å². The fraction of sp³-hybridized carbons (Fsp3) is 0.389. The van der Waals surface area contributed by atoms with E-state index in [1.165, 1.54) is 11.1 Å². The van der Waals surface area contributed by atoms with Crippen molar-refractivity contribution in [3.63, 3.8) is 0 Å². The van der Waals surface area contributed by atoms with Crippen molar-refractivity contribution in [1.29, 1.82) is 0 Å². The minimum absolute atomic E-state index is 0.122. The van der Waals surface area contributed by atoms with Crippen molar-refractivity contribution in [2.75, 3.05) is 25.0 Å². The van der Waals surface area contributed by atoms with Gasteiger partial charge < -0.3 is 10.1 Å². The number of carbonyl (C=O) groups is 2. The number of rotatable bonds is 5. The summed E-state index contributed by atoms with van der Waals surface area (Å²) in [6.45, 7) is 5.74. The fourth-order valence-corrected chi connectivity index (χ4v) is 3.76. The Labute approximate surface area is 150 Å². The van der Waals surface area contributed by atoms with E-state index in [2.05, 4.69) is 27.3 Å². The molecule has 2 heterocycles. The van der Waals surface area contributed by atoms with Gasteiger partial charge in [0.05, 0.1) is 18.8 Å². The highest BCUT2D eigenvalue weighted by atomic mass is 32.1. The van der Waals surface area contributed by atoms with Gasteiger partial charge >= 0.3 is 5.97 Å². The predicted molar refractivity (Wildman–Crippen MR) is 96.9 cm³/mol. The van der Waals surface area contributed by atoms with Gasteiger partial charge in [0.15, 0.2) is 5.13 Å². The van der Waals surface area contributed by atoms with E-state index in [1.807, 2.05) is 12.1 Å². The Kier molecular flexibility index (Phi) is 5.45. The van der Waals surface area contributed by atoms with Crippen LogP contribution in [-0.4, -0.2) is 41.5 Å². The molecule has 0 saturated carbocycles. The number of nitrogens with one attached hydrogen (secondary N) is 1. The topological polar surface area (TPSA) is 71.5 Å². The van der Waals surface area contributed by atoms with E-state index in [9.17, 15) is 9.59 Å². The van der Waals surface area contributed by atoms with Crippen LogP contribution in [0.15, 0.2) is 24.3 Å². The Bertz CT molecular complexity index is 788. The number of benzene rings is 1. The summed E-state index contributed by atoms with van der Waals surface area (Å²) < 4.78 is 4.99. The summed E-state index contributed by atoms with van der Waals surface area (Å²) in [5, 5.41) is 3.22. The summed E-state index contributed by atoms with van der Waals surface area (Å²) in [6, 6.07) is 8.32. The Morgan fingerprint density at radius 1 is 1.32 bits per heavy atom. The lowest BCUT2D eigenvalue weighted by Gasteiger charge is -2.27. The van der Waals surface area contributed by atoms with Gasteiger partial charge in [-0.2, -0.15) is 0 Å². The number of thiazole rings is 1. The van der Waals surface area contributed by atoms with Crippen LogP contribution in [0.4, 0.5) is 5.13 Å². The molecule has 0 bridgehead atoms. The predicted octanol–water partition coefficient (Wildman–Crippen LogP) is 2.63. The van der Waals surface area contributed by atoms with E-state index in [0.29, 0.717) is 28.9 Å². The van der Waals surface area contributed by atoms with Gasteiger partial charge in [-0.05, 0) is 31.4 Å². The van der Waals surface area contributed by atoms with Crippen molar-refractivity contribution in [2.24, 2.45) is 0 Å². The molecule has 1 aliphatic rings. The third-order valence-electron chi connectivity index (χ3n) is 4.08. The zero-order valence-electron chi connectivity index (χ0n) is 14.4. The largest absolute Gasteiger partial charge is 0.462 e. The number of nitrogens with zero attached hydrogens (tertiary/aromatic N) is 2.